The molecule has 3 heteroatoms. The predicted molar refractivity (Wildman–Crippen MR) is 97.1 cm³/mol. The number of para-hydroxylation sites is 1. The summed E-state index contributed by atoms with van der Waals surface area (Å²) >= 11 is 0. The standard InChI is InChI=1S/C21H26O3/c1-4-5-9-14-21(2,3)16-12-13-18(20(22)23)19(15-16)24-17-10-7-6-8-11-17/h6-8,10-13,15H,4-5,9,14H2,1-3H3,(H,22,23). The van der Waals surface area contributed by atoms with Gasteiger partial charge in [0.25, 0.3) is 0 Å². The van der Waals surface area contributed by atoms with Crippen LogP contribution in [0.5, 0.6) is 11.5 Å². The maximum absolute atomic E-state index is 11.5. The van der Waals surface area contributed by atoms with E-state index < -0.39 is 5.97 Å². The molecule has 0 aliphatic rings. The number of benzene rings is 2. The molecular formula is C21H26O3. The van der Waals surface area contributed by atoms with E-state index in [-0.39, 0.29) is 11.0 Å². The molecule has 0 aliphatic carbocycles. The van der Waals surface area contributed by atoms with Gasteiger partial charge in [-0.25, -0.2) is 4.79 Å². The molecule has 2 aromatic rings. The highest BCUT2D eigenvalue weighted by atomic mass is 16.5. The number of carboxylic acid groups (broad SMARTS) is 1. The van der Waals surface area contributed by atoms with E-state index in [1.165, 1.54) is 19.3 Å². The molecule has 0 spiro atoms. The number of carbonyl (C=O) groups is 1. The van der Waals surface area contributed by atoms with E-state index in [1.807, 2.05) is 42.5 Å². The van der Waals surface area contributed by atoms with E-state index in [9.17, 15) is 9.90 Å². The lowest BCUT2D eigenvalue weighted by molar-refractivity contribution is 0.0694. The molecule has 24 heavy (non-hydrogen) atoms. The molecule has 0 unspecified atom stereocenters. The maximum Gasteiger partial charge on any atom is 0.339 e. The monoisotopic (exact) mass is 326 g/mol. The van der Waals surface area contributed by atoms with Crippen molar-refractivity contribution in [2.75, 3.05) is 0 Å². The summed E-state index contributed by atoms with van der Waals surface area (Å²) in [6.07, 6.45) is 4.64. The minimum Gasteiger partial charge on any atom is -0.478 e. The maximum atomic E-state index is 11.5. The highest BCUT2D eigenvalue weighted by Gasteiger charge is 2.23. The average Bonchev–Trinajstić information content (AvgIpc) is 2.55. The van der Waals surface area contributed by atoms with Crippen LogP contribution < -0.4 is 4.74 Å². The van der Waals surface area contributed by atoms with E-state index in [0.29, 0.717) is 11.5 Å². The number of hydrogen-bond acceptors (Lipinski definition) is 2. The van der Waals surface area contributed by atoms with Crippen molar-refractivity contribution in [1.29, 1.82) is 0 Å². The van der Waals surface area contributed by atoms with Gasteiger partial charge in [0.2, 0.25) is 0 Å². The lowest BCUT2D eigenvalue weighted by Crippen LogP contribution is -2.17. The summed E-state index contributed by atoms with van der Waals surface area (Å²) in [6, 6.07) is 14.7. The van der Waals surface area contributed by atoms with Gasteiger partial charge < -0.3 is 9.84 Å². The van der Waals surface area contributed by atoms with Crippen LogP contribution in [0.1, 0.15) is 62.4 Å². The van der Waals surface area contributed by atoms with Crippen molar-refractivity contribution >= 4 is 5.97 Å². The Morgan fingerprint density at radius 1 is 1.08 bits per heavy atom. The fraction of sp³-hybridized carbons (Fsp3) is 0.381. The molecule has 0 saturated carbocycles. The second-order valence-electron chi connectivity index (χ2n) is 6.77. The lowest BCUT2D eigenvalue weighted by atomic mass is 9.79. The summed E-state index contributed by atoms with van der Waals surface area (Å²) in [7, 11) is 0. The first-order valence-corrected chi connectivity index (χ1v) is 8.55. The Morgan fingerprint density at radius 2 is 1.79 bits per heavy atom. The second kappa shape index (κ2) is 8.00. The third-order valence-electron chi connectivity index (χ3n) is 4.37. The number of rotatable bonds is 8. The highest BCUT2D eigenvalue weighted by Crippen LogP contribution is 2.34. The van der Waals surface area contributed by atoms with Crippen LogP contribution in [0.25, 0.3) is 0 Å². The van der Waals surface area contributed by atoms with Gasteiger partial charge in [0.15, 0.2) is 0 Å². The molecule has 0 radical (unpaired) electrons. The van der Waals surface area contributed by atoms with E-state index in [0.717, 1.165) is 12.0 Å². The van der Waals surface area contributed by atoms with E-state index in [2.05, 4.69) is 20.8 Å². The zero-order valence-corrected chi connectivity index (χ0v) is 14.7. The molecule has 0 aliphatic heterocycles. The smallest absolute Gasteiger partial charge is 0.339 e. The number of aromatic carboxylic acids is 1. The molecule has 0 atom stereocenters. The van der Waals surface area contributed by atoms with Crippen LogP contribution in [0.4, 0.5) is 0 Å². The van der Waals surface area contributed by atoms with Crippen LogP contribution >= 0.6 is 0 Å². The minimum atomic E-state index is -0.976. The molecule has 0 heterocycles. The topological polar surface area (TPSA) is 46.5 Å². The summed E-state index contributed by atoms with van der Waals surface area (Å²) < 4.78 is 5.85. The molecule has 2 aromatic carbocycles. The SMILES string of the molecule is CCCCCC(C)(C)c1ccc(C(=O)O)c(Oc2ccccc2)c1. The molecule has 0 aromatic heterocycles. The van der Waals surface area contributed by atoms with E-state index in [1.54, 1.807) is 6.07 Å². The predicted octanol–water partition coefficient (Wildman–Crippen LogP) is 6.04. The Labute approximate surface area is 144 Å². The first kappa shape index (κ1) is 18.1. The Hall–Kier alpha value is -2.29. The van der Waals surface area contributed by atoms with Crippen LogP contribution in [-0.4, -0.2) is 11.1 Å². The minimum absolute atomic E-state index is 0.0129. The molecule has 1 N–H and O–H groups in total. The number of hydrogen-bond donors (Lipinski definition) is 1. The molecular weight excluding hydrogens is 300 g/mol. The van der Waals surface area contributed by atoms with Crippen molar-refractivity contribution in [1.82, 2.24) is 0 Å². The quantitative estimate of drug-likeness (QED) is 0.602. The van der Waals surface area contributed by atoms with Gasteiger partial charge in [-0.2, -0.15) is 0 Å². The van der Waals surface area contributed by atoms with Gasteiger partial charge in [0.05, 0.1) is 0 Å². The molecule has 2 rings (SSSR count). The lowest BCUT2D eigenvalue weighted by Gasteiger charge is -2.26. The number of ether oxygens (including phenoxy) is 1. The van der Waals surface area contributed by atoms with E-state index in [4.69, 9.17) is 4.74 Å². The first-order valence-electron chi connectivity index (χ1n) is 8.55. The summed E-state index contributed by atoms with van der Waals surface area (Å²) in [5.74, 6) is 0.0620. The highest BCUT2D eigenvalue weighted by molar-refractivity contribution is 5.91. The van der Waals surface area contributed by atoms with Gasteiger partial charge in [0.1, 0.15) is 17.1 Å². The molecule has 0 amide bonds. The van der Waals surface area contributed by atoms with Gasteiger partial charge in [0, 0.05) is 0 Å². The molecule has 3 nitrogen and oxygen atoms in total. The Morgan fingerprint density at radius 3 is 2.42 bits per heavy atom. The summed E-state index contributed by atoms with van der Waals surface area (Å²) in [5, 5.41) is 9.43. The van der Waals surface area contributed by atoms with Crippen molar-refractivity contribution in [3.05, 3.63) is 59.7 Å². The Balaban J connectivity index is 2.31. The summed E-state index contributed by atoms with van der Waals surface area (Å²) in [6.45, 7) is 6.59. The van der Waals surface area contributed by atoms with Crippen molar-refractivity contribution < 1.29 is 14.6 Å². The van der Waals surface area contributed by atoms with Gasteiger partial charge in [-0.15, -0.1) is 0 Å². The van der Waals surface area contributed by atoms with Crippen molar-refractivity contribution in [2.45, 2.75) is 51.9 Å². The largest absolute Gasteiger partial charge is 0.478 e. The zero-order valence-electron chi connectivity index (χ0n) is 14.7. The van der Waals surface area contributed by atoms with Crippen molar-refractivity contribution in [3.63, 3.8) is 0 Å². The van der Waals surface area contributed by atoms with Crippen LogP contribution in [-0.2, 0) is 5.41 Å². The van der Waals surface area contributed by atoms with Crippen LogP contribution in [0.15, 0.2) is 48.5 Å². The van der Waals surface area contributed by atoms with Gasteiger partial charge >= 0.3 is 5.97 Å². The number of unbranched alkanes of at least 4 members (excludes halogenated alkanes) is 2. The molecule has 128 valence electrons. The van der Waals surface area contributed by atoms with Crippen molar-refractivity contribution in [3.8, 4) is 11.5 Å². The number of carboxylic acids is 1. The van der Waals surface area contributed by atoms with Gasteiger partial charge in [-0.05, 0) is 41.7 Å². The Bertz CT molecular complexity index is 675. The average molecular weight is 326 g/mol. The van der Waals surface area contributed by atoms with E-state index >= 15 is 0 Å². The van der Waals surface area contributed by atoms with Crippen molar-refractivity contribution in [2.24, 2.45) is 0 Å². The van der Waals surface area contributed by atoms with Crippen LogP contribution in [0.2, 0.25) is 0 Å². The summed E-state index contributed by atoms with van der Waals surface area (Å²) in [4.78, 5) is 11.5. The molecule has 0 saturated heterocycles. The van der Waals surface area contributed by atoms with Gasteiger partial charge in [-0.3, -0.25) is 0 Å². The van der Waals surface area contributed by atoms with Crippen LogP contribution in [0, 0.1) is 0 Å². The fourth-order valence-corrected chi connectivity index (χ4v) is 2.78. The Kier molecular flexibility index (Phi) is 6.02. The molecule has 0 fully saturated rings. The third-order valence-corrected chi connectivity index (χ3v) is 4.37. The molecule has 0 bridgehead atoms. The van der Waals surface area contributed by atoms with Gasteiger partial charge in [-0.1, -0.05) is 64.3 Å². The second-order valence-corrected chi connectivity index (χ2v) is 6.77. The normalized spacial score (nSPS) is 11.3. The fourth-order valence-electron chi connectivity index (χ4n) is 2.78. The third kappa shape index (κ3) is 4.60. The zero-order chi connectivity index (χ0) is 17.6. The van der Waals surface area contributed by atoms with Crippen LogP contribution in [0.3, 0.4) is 0 Å². The summed E-state index contributed by atoms with van der Waals surface area (Å²) in [5.41, 5.74) is 1.28. The first-order chi connectivity index (χ1) is 11.4.